The molecule has 1 N–H and O–H groups in total. The van der Waals surface area contributed by atoms with Crippen molar-refractivity contribution in [1.82, 2.24) is 4.90 Å². The van der Waals surface area contributed by atoms with E-state index in [1.807, 2.05) is 20.8 Å². The Labute approximate surface area is 188 Å². The van der Waals surface area contributed by atoms with E-state index in [1.54, 1.807) is 17.0 Å². The Morgan fingerprint density at radius 3 is 2.41 bits per heavy atom. The summed E-state index contributed by atoms with van der Waals surface area (Å²) in [6.07, 6.45) is -4.63. The van der Waals surface area contributed by atoms with Crippen LogP contribution in [-0.2, 0) is 35.2 Å². The summed E-state index contributed by atoms with van der Waals surface area (Å²) in [6, 6.07) is 5.83. The number of amides is 2. The van der Waals surface area contributed by atoms with Crippen molar-refractivity contribution in [3.05, 3.63) is 63.4 Å². The van der Waals surface area contributed by atoms with Crippen molar-refractivity contribution in [2.45, 2.75) is 46.3 Å². The molecule has 1 aliphatic heterocycles. The second-order valence-corrected chi connectivity index (χ2v) is 9.23. The minimum Gasteiger partial charge on any atom is -0.338 e. The third-order valence-corrected chi connectivity index (χ3v) is 5.56. The Hall–Kier alpha value is -2.61. The van der Waals surface area contributed by atoms with Gasteiger partial charge in [-0.1, -0.05) is 44.5 Å². The molecule has 172 valence electrons. The highest BCUT2D eigenvalue weighted by atomic mass is 35.5. The molecular formula is C23H23ClF4N2O2. The highest BCUT2D eigenvalue weighted by molar-refractivity contribution is 6.34. The Morgan fingerprint density at radius 2 is 1.81 bits per heavy atom. The molecule has 0 fully saturated rings. The number of benzene rings is 2. The van der Waals surface area contributed by atoms with Crippen molar-refractivity contribution < 1.29 is 27.2 Å². The largest absolute Gasteiger partial charge is 0.419 e. The van der Waals surface area contributed by atoms with Crippen molar-refractivity contribution in [1.29, 1.82) is 0 Å². The van der Waals surface area contributed by atoms with Crippen molar-refractivity contribution in [2.75, 3.05) is 11.9 Å². The number of halogens is 5. The van der Waals surface area contributed by atoms with Gasteiger partial charge in [0.15, 0.2) is 0 Å². The molecule has 0 bridgehead atoms. The van der Waals surface area contributed by atoms with Gasteiger partial charge in [0.2, 0.25) is 11.8 Å². The van der Waals surface area contributed by atoms with E-state index in [0.29, 0.717) is 42.4 Å². The van der Waals surface area contributed by atoms with Crippen LogP contribution in [0, 0.1) is 11.2 Å². The van der Waals surface area contributed by atoms with Crippen molar-refractivity contribution in [3.8, 4) is 0 Å². The summed E-state index contributed by atoms with van der Waals surface area (Å²) in [5.74, 6) is -1.94. The van der Waals surface area contributed by atoms with E-state index in [9.17, 15) is 27.2 Å². The van der Waals surface area contributed by atoms with E-state index in [-0.39, 0.29) is 17.9 Å². The molecule has 0 radical (unpaired) electrons. The van der Waals surface area contributed by atoms with Gasteiger partial charge < -0.3 is 10.2 Å². The molecule has 0 spiro atoms. The molecule has 1 heterocycles. The number of nitrogens with one attached hydrogen (secondary N) is 1. The van der Waals surface area contributed by atoms with Gasteiger partial charge in [0, 0.05) is 18.5 Å². The van der Waals surface area contributed by atoms with Gasteiger partial charge in [0.05, 0.1) is 22.7 Å². The van der Waals surface area contributed by atoms with Gasteiger partial charge in [0.25, 0.3) is 0 Å². The lowest BCUT2D eigenvalue weighted by Crippen LogP contribution is -2.42. The Balaban J connectivity index is 1.77. The Kier molecular flexibility index (Phi) is 6.56. The first-order valence-electron chi connectivity index (χ1n) is 10.0. The average molecular weight is 471 g/mol. The van der Waals surface area contributed by atoms with E-state index < -0.39 is 28.9 Å². The summed E-state index contributed by atoms with van der Waals surface area (Å²) in [5.41, 5.74) is 0.283. The van der Waals surface area contributed by atoms with Crippen LogP contribution in [-0.4, -0.2) is 23.3 Å². The van der Waals surface area contributed by atoms with Crippen LogP contribution in [0.25, 0.3) is 0 Å². The van der Waals surface area contributed by atoms with Gasteiger partial charge in [-0.15, -0.1) is 0 Å². The molecule has 32 heavy (non-hydrogen) atoms. The monoisotopic (exact) mass is 470 g/mol. The third-order valence-electron chi connectivity index (χ3n) is 5.25. The summed E-state index contributed by atoms with van der Waals surface area (Å²) in [7, 11) is 0. The molecule has 3 rings (SSSR count). The number of anilines is 1. The van der Waals surface area contributed by atoms with Crippen LogP contribution in [0.4, 0.5) is 23.2 Å². The summed E-state index contributed by atoms with van der Waals surface area (Å²) in [5, 5.41) is 3.02. The van der Waals surface area contributed by atoms with Gasteiger partial charge >= 0.3 is 6.18 Å². The second-order valence-electron chi connectivity index (χ2n) is 8.82. The van der Waals surface area contributed by atoms with Crippen LogP contribution in [0.3, 0.4) is 0 Å². The van der Waals surface area contributed by atoms with Crippen LogP contribution in [0.2, 0.25) is 5.02 Å². The average Bonchev–Trinajstić information content (AvgIpc) is 2.67. The first kappa shape index (κ1) is 24.0. The molecule has 0 atom stereocenters. The molecule has 0 aliphatic carbocycles. The van der Waals surface area contributed by atoms with Crippen LogP contribution in [0.5, 0.6) is 0 Å². The zero-order valence-electron chi connectivity index (χ0n) is 17.9. The van der Waals surface area contributed by atoms with Crippen molar-refractivity contribution >= 4 is 29.1 Å². The Morgan fingerprint density at radius 1 is 1.12 bits per heavy atom. The molecule has 1 aliphatic rings. The quantitative estimate of drug-likeness (QED) is 0.593. The van der Waals surface area contributed by atoms with E-state index in [4.69, 9.17) is 11.6 Å². The lowest BCUT2D eigenvalue weighted by molar-refractivity contribution is -0.141. The minimum atomic E-state index is -4.80. The normalized spacial score (nSPS) is 14.2. The molecule has 0 aromatic heterocycles. The summed E-state index contributed by atoms with van der Waals surface area (Å²) < 4.78 is 52.0. The van der Waals surface area contributed by atoms with E-state index in [1.165, 1.54) is 0 Å². The van der Waals surface area contributed by atoms with Crippen LogP contribution in [0.15, 0.2) is 30.3 Å². The number of carbonyl (C=O) groups is 2. The fourth-order valence-corrected chi connectivity index (χ4v) is 3.90. The zero-order chi connectivity index (χ0) is 23.8. The number of carbonyl (C=O) groups excluding carboxylic acids is 2. The zero-order valence-corrected chi connectivity index (χ0v) is 18.6. The number of alkyl halides is 3. The summed E-state index contributed by atoms with van der Waals surface area (Å²) in [4.78, 5) is 26.9. The molecule has 0 saturated carbocycles. The molecule has 4 nitrogen and oxygen atoms in total. The second kappa shape index (κ2) is 8.73. The lowest BCUT2D eigenvalue weighted by atomic mass is 9.91. The standard InChI is InChI=1S/C23H23ClF4N2O2/c1-22(2,3)21(32)30-9-8-15-14(12-30)5-7-17(24)20(15)29-19(31)11-13-4-6-16(18(25)10-13)23(26,27)28/h4-7,10H,8-9,11-12H2,1-3H3,(H,29,31). The number of nitrogens with zero attached hydrogens (tertiary/aromatic N) is 1. The first-order valence-corrected chi connectivity index (χ1v) is 10.4. The summed E-state index contributed by atoms with van der Waals surface area (Å²) >= 11 is 6.30. The maximum Gasteiger partial charge on any atom is 0.419 e. The van der Waals surface area contributed by atoms with Gasteiger partial charge in [0.1, 0.15) is 5.82 Å². The number of hydrogen-bond acceptors (Lipinski definition) is 2. The SMILES string of the molecule is CC(C)(C)C(=O)N1CCc2c(ccc(Cl)c2NC(=O)Cc2ccc(C(F)(F)F)c(F)c2)C1. The highest BCUT2D eigenvalue weighted by Crippen LogP contribution is 2.35. The lowest BCUT2D eigenvalue weighted by Gasteiger charge is -2.34. The van der Waals surface area contributed by atoms with Crippen LogP contribution >= 0.6 is 11.6 Å². The minimum absolute atomic E-state index is 0.0213. The van der Waals surface area contributed by atoms with Crippen LogP contribution in [0.1, 0.15) is 43.0 Å². The van der Waals surface area contributed by atoms with Gasteiger partial charge in [-0.3, -0.25) is 9.59 Å². The number of fused-ring (bicyclic) bond motifs is 1. The predicted molar refractivity (Wildman–Crippen MR) is 114 cm³/mol. The van der Waals surface area contributed by atoms with E-state index in [0.717, 1.165) is 17.2 Å². The fraction of sp³-hybridized carbons (Fsp3) is 0.391. The van der Waals surface area contributed by atoms with Gasteiger partial charge in [-0.05, 0) is 41.3 Å². The van der Waals surface area contributed by atoms with E-state index in [2.05, 4.69) is 5.32 Å². The predicted octanol–water partition coefficient (Wildman–Crippen LogP) is 5.61. The van der Waals surface area contributed by atoms with Crippen molar-refractivity contribution in [3.63, 3.8) is 0 Å². The molecule has 2 aromatic carbocycles. The number of rotatable bonds is 3. The molecule has 9 heteroatoms. The molecule has 2 aromatic rings. The number of hydrogen-bond donors (Lipinski definition) is 1. The van der Waals surface area contributed by atoms with Gasteiger partial charge in [-0.2, -0.15) is 13.2 Å². The Bertz CT molecular complexity index is 1060. The molecule has 0 unspecified atom stereocenters. The molecule has 0 saturated heterocycles. The van der Waals surface area contributed by atoms with Crippen LogP contribution < -0.4 is 5.32 Å². The molecular weight excluding hydrogens is 448 g/mol. The first-order chi connectivity index (χ1) is 14.8. The van der Waals surface area contributed by atoms with Crippen molar-refractivity contribution in [2.24, 2.45) is 5.41 Å². The van der Waals surface area contributed by atoms with Gasteiger partial charge in [-0.25, -0.2) is 4.39 Å². The smallest absolute Gasteiger partial charge is 0.338 e. The maximum absolute atomic E-state index is 13.8. The highest BCUT2D eigenvalue weighted by Gasteiger charge is 2.34. The topological polar surface area (TPSA) is 49.4 Å². The summed E-state index contributed by atoms with van der Waals surface area (Å²) in [6.45, 7) is 6.40. The third kappa shape index (κ3) is 5.23. The van der Waals surface area contributed by atoms with E-state index >= 15 is 0 Å². The maximum atomic E-state index is 13.8. The fourth-order valence-electron chi connectivity index (χ4n) is 3.68. The molecule has 2 amide bonds.